The molecule has 2 bridgehead atoms. The van der Waals surface area contributed by atoms with Crippen LogP contribution in [-0.2, 0) is 4.79 Å². The number of carbonyl (C=O) groups is 1. The Kier molecular flexibility index (Phi) is 2.43. The molecule has 3 heteroatoms. The van der Waals surface area contributed by atoms with Crippen LogP contribution in [0.4, 0.5) is 0 Å². The third-order valence-corrected chi connectivity index (χ3v) is 4.50. The van der Waals surface area contributed by atoms with E-state index in [0.29, 0.717) is 11.9 Å². The number of amides is 1. The molecular weight excluding hydrogens is 188 g/mol. The van der Waals surface area contributed by atoms with Gasteiger partial charge in [-0.2, -0.15) is 0 Å². The summed E-state index contributed by atoms with van der Waals surface area (Å²) in [6.07, 6.45) is 6.39. The van der Waals surface area contributed by atoms with Crippen molar-refractivity contribution in [2.24, 2.45) is 17.8 Å². The SMILES string of the molecule is O=C(NC1CC2CCC1C2)[C@H]1CCNC1. The second-order valence-corrected chi connectivity index (χ2v) is 5.48. The summed E-state index contributed by atoms with van der Waals surface area (Å²) < 4.78 is 0. The quantitative estimate of drug-likeness (QED) is 0.708. The van der Waals surface area contributed by atoms with Crippen LogP contribution in [0.2, 0.25) is 0 Å². The zero-order valence-corrected chi connectivity index (χ0v) is 9.17. The lowest BCUT2D eigenvalue weighted by molar-refractivity contribution is -0.125. The molecule has 1 saturated heterocycles. The zero-order chi connectivity index (χ0) is 10.3. The van der Waals surface area contributed by atoms with Crippen LogP contribution in [0, 0.1) is 17.8 Å². The third kappa shape index (κ3) is 1.78. The maximum atomic E-state index is 11.9. The molecule has 2 N–H and O–H groups in total. The maximum Gasteiger partial charge on any atom is 0.224 e. The first-order chi connectivity index (χ1) is 7.33. The fourth-order valence-corrected chi connectivity index (χ4v) is 3.60. The minimum Gasteiger partial charge on any atom is -0.353 e. The van der Waals surface area contributed by atoms with Gasteiger partial charge in [-0.05, 0) is 44.1 Å². The molecule has 2 aliphatic carbocycles. The lowest BCUT2D eigenvalue weighted by atomic mass is 9.94. The van der Waals surface area contributed by atoms with E-state index in [9.17, 15) is 4.79 Å². The molecule has 84 valence electrons. The zero-order valence-electron chi connectivity index (χ0n) is 9.17. The van der Waals surface area contributed by atoms with E-state index in [1.54, 1.807) is 0 Å². The average Bonchev–Trinajstić information content (AvgIpc) is 2.95. The first-order valence-corrected chi connectivity index (χ1v) is 6.34. The summed E-state index contributed by atoms with van der Waals surface area (Å²) in [5.41, 5.74) is 0. The number of nitrogens with one attached hydrogen (secondary N) is 2. The Labute approximate surface area is 91.0 Å². The lowest BCUT2D eigenvalue weighted by Crippen LogP contribution is -2.42. The molecule has 3 fully saturated rings. The van der Waals surface area contributed by atoms with E-state index in [-0.39, 0.29) is 5.92 Å². The van der Waals surface area contributed by atoms with Gasteiger partial charge in [-0.3, -0.25) is 4.79 Å². The van der Waals surface area contributed by atoms with E-state index in [0.717, 1.165) is 31.3 Å². The minimum atomic E-state index is 0.240. The Hall–Kier alpha value is -0.570. The maximum absolute atomic E-state index is 11.9. The van der Waals surface area contributed by atoms with Crippen molar-refractivity contribution in [2.75, 3.05) is 13.1 Å². The Bertz CT molecular complexity index is 260. The van der Waals surface area contributed by atoms with Crippen molar-refractivity contribution >= 4 is 5.91 Å². The van der Waals surface area contributed by atoms with Crippen molar-refractivity contribution in [2.45, 2.75) is 38.1 Å². The van der Waals surface area contributed by atoms with Crippen LogP contribution in [-0.4, -0.2) is 25.0 Å². The highest BCUT2D eigenvalue weighted by Crippen LogP contribution is 2.44. The van der Waals surface area contributed by atoms with E-state index < -0.39 is 0 Å². The normalized spacial score (nSPS) is 43.5. The standard InChI is InChI=1S/C12H20N2O/c15-12(10-3-4-13-7-10)14-11-6-8-1-2-9(11)5-8/h8-11,13H,1-7H2,(H,14,15)/t8?,9?,10-,11?/m0/s1. The van der Waals surface area contributed by atoms with Gasteiger partial charge in [0.1, 0.15) is 0 Å². The Balaban J connectivity index is 1.54. The van der Waals surface area contributed by atoms with Crippen molar-refractivity contribution in [1.29, 1.82) is 0 Å². The van der Waals surface area contributed by atoms with Crippen molar-refractivity contribution in [3.63, 3.8) is 0 Å². The van der Waals surface area contributed by atoms with Gasteiger partial charge in [0.25, 0.3) is 0 Å². The molecule has 2 saturated carbocycles. The summed E-state index contributed by atoms with van der Waals surface area (Å²) in [7, 11) is 0. The molecule has 1 heterocycles. The Morgan fingerprint density at radius 2 is 2.13 bits per heavy atom. The number of rotatable bonds is 2. The molecule has 1 amide bonds. The van der Waals surface area contributed by atoms with Gasteiger partial charge in [-0.1, -0.05) is 6.42 Å². The highest BCUT2D eigenvalue weighted by Gasteiger charge is 2.40. The lowest BCUT2D eigenvalue weighted by Gasteiger charge is -2.24. The van der Waals surface area contributed by atoms with Gasteiger partial charge in [0, 0.05) is 12.6 Å². The van der Waals surface area contributed by atoms with Crippen molar-refractivity contribution in [1.82, 2.24) is 10.6 Å². The van der Waals surface area contributed by atoms with Crippen LogP contribution in [0.1, 0.15) is 32.1 Å². The van der Waals surface area contributed by atoms with Crippen LogP contribution in [0.25, 0.3) is 0 Å². The molecule has 3 aliphatic rings. The van der Waals surface area contributed by atoms with Crippen molar-refractivity contribution in [3.05, 3.63) is 0 Å². The molecule has 0 radical (unpaired) electrons. The largest absolute Gasteiger partial charge is 0.353 e. The van der Waals surface area contributed by atoms with Crippen LogP contribution in [0.3, 0.4) is 0 Å². The van der Waals surface area contributed by atoms with Gasteiger partial charge in [-0.15, -0.1) is 0 Å². The van der Waals surface area contributed by atoms with Crippen LogP contribution >= 0.6 is 0 Å². The van der Waals surface area contributed by atoms with Crippen LogP contribution < -0.4 is 10.6 Å². The van der Waals surface area contributed by atoms with E-state index in [1.165, 1.54) is 25.7 Å². The molecule has 1 aliphatic heterocycles. The van der Waals surface area contributed by atoms with Crippen molar-refractivity contribution in [3.8, 4) is 0 Å². The first kappa shape index (κ1) is 9.64. The average molecular weight is 208 g/mol. The topological polar surface area (TPSA) is 41.1 Å². The van der Waals surface area contributed by atoms with Gasteiger partial charge >= 0.3 is 0 Å². The fourth-order valence-electron chi connectivity index (χ4n) is 3.60. The molecule has 0 aromatic heterocycles. The highest BCUT2D eigenvalue weighted by molar-refractivity contribution is 5.79. The summed E-state index contributed by atoms with van der Waals surface area (Å²) >= 11 is 0. The van der Waals surface area contributed by atoms with E-state index in [2.05, 4.69) is 10.6 Å². The minimum absolute atomic E-state index is 0.240. The second kappa shape index (κ2) is 3.78. The van der Waals surface area contributed by atoms with Gasteiger partial charge in [0.15, 0.2) is 0 Å². The molecular formula is C12H20N2O. The number of hydrogen-bond acceptors (Lipinski definition) is 2. The summed E-state index contributed by atoms with van der Waals surface area (Å²) in [4.78, 5) is 11.9. The molecule has 3 nitrogen and oxygen atoms in total. The summed E-state index contributed by atoms with van der Waals surface area (Å²) in [5, 5.41) is 6.52. The predicted molar refractivity (Wildman–Crippen MR) is 58.4 cm³/mol. The van der Waals surface area contributed by atoms with Crippen molar-refractivity contribution < 1.29 is 4.79 Å². The van der Waals surface area contributed by atoms with Gasteiger partial charge in [-0.25, -0.2) is 0 Å². The summed E-state index contributed by atoms with van der Waals surface area (Å²) in [5.74, 6) is 2.26. The molecule has 4 atom stereocenters. The van der Waals surface area contributed by atoms with Crippen LogP contribution in [0.5, 0.6) is 0 Å². The van der Waals surface area contributed by atoms with Gasteiger partial charge in [0.05, 0.1) is 5.92 Å². The predicted octanol–water partition coefficient (Wildman–Crippen LogP) is 0.901. The van der Waals surface area contributed by atoms with Gasteiger partial charge in [0.2, 0.25) is 5.91 Å². The van der Waals surface area contributed by atoms with E-state index in [1.807, 2.05) is 0 Å². The van der Waals surface area contributed by atoms with E-state index in [4.69, 9.17) is 0 Å². The number of carbonyl (C=O) groups excluding carboxylic acids is 1. The molecule has 3 rings (SSSR count). The second-order valence-electron chi connectivity index (χ2n) is 5.48. The Morgan fingerprint density at radius 3 is 2.73 bits per heavy atom. The summed E-state index contributed by atoms with van der Waals surface area (Å²) in [6.45, 7) is 1.89. The van der Waals surface area contributed by atoms with Gasteiger partial charge < -0.3 is 10.6 Å². The number of hydrogen-bond donors (Lipinski definition) is 2. The molecule has 0 spiro atoms. The smallest absolute Gasteiger partial charge is 0.224 e. The molecule has 0 aromatic carbocycles. The fraction of sp³-hybridized carbons (Fsp3) is 0.917. The van der Waals surface area contributed by atoms with E-state index >= 15 is 0 Å². The molecule has 15 heavy (non-hydrogen) atoms. The Morgan fingerprint density at radius 1 is 1.20 bits per heavy atom. The third-order valence-electron chi connectivity index (χ3n) is 4.50. The number of fused-ring (bicyclic) bond motifs is 2. The summed E-state index contributed by atoms with van der Waals surface area (Å²) in [6, 6.07) is 0.511. The molecule has 0 aromatic rings. The monoisotopic (exact) mass is 208 g/mol. The van der Waals surface area contributed by atoms with Crippen LogP contribution in [0.15, 0.2) is 0 Å². The highest BCUT2D eigenvalue weighted by atomic mass is 16.2. The molecule has 3 unspecified atom stereocenters. The first-order valence-electron chi connectivity index (χ1n) is 6.34.